The van der Waals surface area contributed by atoms with Crippen molar-refractivity contribution in [2.24, 2.45) is 0 Å². The van der Waals surface area contributed by atoms with Crippen LogP contribution in [0.4, 0.5) is 22.0 Å². The van der Waals surface area contributed by atoms with E-state index in [1.54, 1.807) is 13.1 Å². The molecule has 0 heterocycles. The summed E-state index contributed by atoms with van der Waals surface area (Å²) in [4.78, 5) is 0. The number of hydrogen-bond donors (Lipinski definition) is 0. The van der Waals surface area contributed by atoms with Crippen molar-refractivity contribution in [2.75, 3.05) is 6.61 Å². The lowest BCUT2D eigenvalue weighted by Gasteiger charge is -2.23. The maximum Gasteiger partial charge on any atom is 0.332 e. The van der Waals surface area contributed by atoms with Crippen molar-refractivity contribution < 1.29 is 30.8 Å². The highest BCUT2D eigenvalue weighted by Gasteiger charge is 2.29. The molecule has 0 aromatic heterocycles. The molecule has 1 aromatic rings. The minimum Gasteiger partial charge on any atom is -0.395 e. The molecular weight excluding hydrogens is 299 g/mol. The van der Waals surface area contributed by atoms with Gasteiger partial charge in [-0.15, -0.1) is 0 Å². The summed E-state index contributed by atoms with van der Waals surface area (Å²) in [6, 6.07) is 0. The van der Waals surface area contributed by atoms with Gasteiger partial charge in [-0.05, 0) is 19.5 Å². The normalized spacial score (nSPS) is 12.0. The molecule has 0 aliphatic rings. The van der Waals surface area contributed by atoms with Crippen molar-refractivity contribution in [1.29, 1.82) is 0 Å². The zero-order valence-corrected chi connectivity index (χ0v) is 12.3. The zero-order chi connectivity index (χ0) is 15.5. The maximum absolute atomic E-state index is 13.4. The molecule has 0 atom stereocenters. The molecule has 0 bridgehead atoms. The van der Waals surface area contributed by atoms with Crippen molar-refractivity contribution in [2.45, 2.75) is 33.0 Å². The van der Waals surface area contributed by atoms with Gasteiger partial charge in [-0.2, -0.15) is 0 Å². The van der Waals surface area contributed by atoms with Gasteiger partial charge in [-0.3, -0.25) is 0 Å². The second kappa shape index (κ2) is 6.64. The predicted molar refractivity (Wildman–Crippen MR) is 64.7 cm³/mol. The summed E-state index contributed by atoms with van der Waals surface area (Å²) >= 11 is 0. The van der Waals surface area contributed by atoms with Crippen molar-refractivity contribution in [3.63, 3.8) is 0 Å². The van der Waals surface area contributed by atoms with Gasteiger partial charge < -0.3 is 8.85 Å². The molecule has 0 spiro atoms. The number of rotatable bonds is 6. The van der Waals surface area contributed by atoms with Crippen LogP contribution >= 0.6 is 0 Å². The van der Waals surface area contributed by atoms with E-state index in [4.69, 9.17) is 8.85 Å². The van der Waals surface area contributed by atoms with Crippen LogP contribution in [0, 0.1) is 29.1 Å². The Morgan fingerprint density at radius 3 is 1.70 bits per heavy atom. The first kappa shape index (κ1) is 17.1. The quantitative estimate of drug-likeness (QED) is 0.342. The summed E-state index contributed by atoms with van der Waals surface area (Å²) in [5.41, 5.74) is -0.984. The van der Waals surface area contributed by atoms with Crippen molar-refractivity contribution in [1.82, 2.24) is 0 Å². The molecule has 8 heteroatoms. The number of hydrogen-bond acceptors (Lipinski definition) is 2. The van der Waals surface area contributed by atoms with Gasteiger partial charge in [-0.25, -0.2) is 22.0 Å². The molecule has 20 heavy (non-hydrogen) atoms. The molecule has 2 nitrogen and oxygen atoms in total. The highest BCUT2D eigenvalue weighted by Crippen LogP contribution is 2.24. The molecule has 0 unspecified atom stereocenters. The summed E-state index contributed by atoms with van der Waals surface area (Å²) in [6.07, 6.45) is 0.725. The Hall–Kier alpha value is -0.993. The summed E-state index contributed by atoms with van der Waals surface area (Å²) < 4.78 is 76.2. The molecule has 0 fully saturated rings. The Labute approximate surface area is 114 Å². The SMILES string of the molecule is CCCO[Si](C)(C)OCc1c(F)c(F)c(F)c(F)c1F. The van der Waals surface area contributed by atoms with Gasteiger partial charge in [0.15, 0.2) is 23.3 Å². The van der Waals surface area contributed by atoms with E-state index in [0.29, 0.717) is 6.61 Å². The fourth-order valence-electron chi connectivity index (χ4n) is 1.41. The zero-order valence-electron chi connectivity index (χ0n) is 11.3. The first-order valence-electron chi connectivity index (χ1n) is 5.99. The molecule has 0 amide bonds. The third-order valence-corrected chi connectivity index (χ3v) is 4.26. The molecule has 0 aliphatic carbocycles. The van der Waals surface area contributed by atoms with Crippen LogP contribution in [0.15, 0.2) is 0 Å². The van der Waals surface area contributed by atoms with Gasteiger partial charge in [0.1, 0.15) is 0 Å². The monoisotopic (exact) mass is 314 g/mol. The van der Waals surface area contributed by atoms with Crippen LogP contribution in [0.1, 0.15) is 18.9 Å². The Bertz CT molecular complexity index is 464. The molecule has 1 aromatic carbocycles. The lowest BCUT2D eigenvalue weighted by molar-refractivity contribution is 0.166. The van der Waals surface area contributed by atoms with E-state index < -0.39 is 49.8 Å². The van der Waals surface area contributed by atoms with Crippen molar-refractivity contribution in [3.8, 4) is 0 Å². The van der Waals surface area contributed by atoms with Crippen LogP contribution in [0.2, 0.25) is 13.1 Å². The molecule has 0 aliphatic heterocycles. The maximum atomic E-state index is 13.4. The fraction of sp³-hybridized carbons (Fsp3) is 0.500. The van der Waals surface area contributed by atoms with E-state index >= 15 is 0 Å². The van der Waals surface area contributed by atoms with Crippen LogP contribution in [0.5, 0.6) is 0 Å². The second-order valence-corrected chi connectivity index (χ2v) is 7.96. The smallest absolute Gasteiger partial charge is 0.332 e. The lowest BCUT2D eigenvalue weighted by Crippen LogP contribution is -2.35. The van der Waals surface area contributed by atoms with E-state index in [1.807, 2.05) is 6.92 Å². The average Bonchev–Trinajstić information content (AvgIpc) is 2.40. The van der Waals surface area contributed by atoms with E-state index in [-0.39, 0.29) is 0 Å². The molecule has 114 valence electrons. The largest absolute Gasteiger partial charge is 0.395 e. The summed E-state index contributed by atoms with van der Waals surface area (Å²) in [5, 5.41) is 0. The van der Waals surface area contributed by atoms with Crippen LogP contribution in [-0.4, -0.2) is 15.2 Å². The molecule has 0 saturated heterocycles. The van der Waals surface area contributed by atoms with Gasteiger partial charge in [0.25, 0.3) is 0 Å². The van der Waals surface area contributed by atoms with Gasteiger partial charge >= 0.3 is 8.56 Å². The molecule has 0 radical (unpaired) electrons. The third-order valence-electron chi connectivity index (χ3n) is 2.52. The molecular formula is C12H15F5O2Si. The van der Waals surface area contributed by atoms with Crippen LogP contribution in [0.25, 0.3) is 0 Å². The lowest BCUT2D eigenvalue weighted by atomic mass is 10.2. The van der Waals surface area contributed by atoms with Gasteiger partial charge in [0.05, 0.1) is 12.2 Å². The van der Waals surface area contributed by atoms with Crippen LogP contribution < -0.4 is 0 Å². The summed E-state index contributed by atoms with van der Waals surface area (Å²) in [6.45, 7) is 4.78. The van der Waals surface area contributed by atoms with E-state index in [1.165, 1.54) is 0 Å². The first-order valence-corrected chi connectivity index (χ1v) is 8.81. The average molecular weight is 314 g/mol. The molecule has 0 saturated carbocycles. The highest BCUT2D eigenvalue weighted by atomic mass is 28.4. The minimum atomic E-state index is -2.67. The standard InChI is InChI=1S/C12H15F5O2Si/c1-4-5-18-20(2,3)19-6-7-8(13)10(15)12(17)11(16)9(7)14/h4-6H2,1-3H3. The Balaban J connectivity index is 2.94. The minimum absolute atomic E-state index is 0.399. The van der Waals surface area contributed by atoms with E-state index in [9.17, 15) is 22.0 Å². The van der Waals surface area contributed by atoms with Gasteiger partial charge in [0.2, 0.25) is 5.82 Å². The first-order chi connectivity index (χ1) is 9.21. The Morgan fingerprint density at radius 2 is 1.25 bits per heavy atom. The van der Waals surface area contributed by atoms with E-state index in [0.717, 1.165) is 6.42 Å². The topological polar surface area (TPSA) is 18.5 Å². The van der Waals surface area contributed by atoms with E-state index in [2.05, 4.69) is 0 Å². The Kier molecular flexibility index (Phi) is 5.66. The van der Waals surface area contributed by atoms with Crippen molar-refractivity contribution >= 4 is 8.56 Å². The van der Waals surface area contributed by atoms with Crippen molar-refractivity contribution in [3.05, 3.63) is 34.6 Å². The summed E-state index contributed by atoms with van der Waals surface area (Å²) in [7, 11) is -2.67. The number of benzene rings is 1. The Morgan fingerprint density at radius 1 is 0.800 bits per heavy atom. The molecule has 1 rings (SSSR count). The van der Waals surface area contributed by atoms with Gasteiger partial charge in [-0.1, -0.05) is 6.92 Å². The van der Waals surface area contributed by atoms with Crippen LogP contribution in [-0.2, 0) is 15.5 Å². The summed E-state index contributed by atoms with van der Waals surface area (Å²) in [5.74, 6) is -9.88. The highest BCUT2D eigenvalue weighted by molar-refractivity contribution is 6.64. The third kappa shape index (κ3) is 3.77. The second-order valence-electron chi connectivity index (χ2n) is 4.59. The fourth-order valence-corrected chi connectivity index (χ4v) is 2.68. The van der Waals surface area contributed by atoms with Gasteiger partial charge in [0, 0.05) is 6.61 Å². The van der Waals surface area contributed by atoms with Crippen LogP contribution in [0.3, 0.4) is 0 Å². The number of halogens is 5. The molecule has 0 N–H and O–H groups in total. The predicted octanol–water partition coefficient (Wildman–Crippen LogP) is 4.03.